The summed E-state index contributed by atoms with van der Waals surface area (Å²) in [6, 6.07) is 9.38. The Kier molecular flexibility index (Phi) is 3.56. The van der Waals surface area contributed by atoms with Gasteiger partial charge < -0.3 is 5.32 Å². The number of rotatable bonds is 4. The number of aromatic amines is 1. The average molecular weight is 260 g/mol. The Balaban J connectivity index is 2.37. The summed E-state index contributed by atoms with van der Waals surface area (Å²) in [5, 5.41) is 5.55. The zero-order valence-corrected chi connectivity index (χ0v) is 10.2. The smallest absolute Gasteiger partial charge is 0.329 e. The number of nitrogens with one attached hydrogen (secondary N) is 2. The first-order valence-corrected chi connectivity index (χ1v) is 5.58. The summed E-state index contributed by atoms with van der Waals surface area (Å²) in [7, 11) is 1.44. The molecule has 98 valence electrons. The van der Waals surface area contributed by atoms with Crippen molar-refractivity contribution in [2.75, 3.05) is 5.32 Å². The molecule has 0 fully saturated rings. The van der Waals surface area contributed by atoms with E-state index >= 15 is 0 Å². The number of hydrogen-bond acceptors (Lipinski definition) is 5. The van der Waals surface area contributed by atoms with Crippen molar-refractivity contribution < 1.29 is 0 Å². The third kappa shape index (κ3) is 2.59. The van der Waals surface area contributed by atoms with Crippen LogP contribution in [0.15, 0.2) is 45.1 Å². The highest BCUT2D eigenvalue weighted by atomic mass is 16.3. The second-order valence-corrected chi connectivity index (χ2v) is 3.95. The molecule has 0 aliphatic rings. The first kappa shape index (κ1) is 12.7. The van der Waals surface area contributed by atoms with E-state index in [0.717, 1.165) is 10.1 Å². The molecule has 0 radical (unpaired) electrons. The number of nitrogens with zero attached hydrogens (tertiary/aromatic N) is 2. The van der Waals surface area contributed by atoms with Gasteiger partial charge in [-0.05, 0) is 10.7 Å². The molecule has 0 saturated carbocycles. The van der Waals surface area contributed by atoms with E-state index < -0.39 is 11.2 Å². The van der Waals surface area contributed by atoms with E-state index in [1.54, 1.807) is 0 Å². The highest BCUT2D eigenvalue weighted by Crippen LogP contribution is 2.17. The van der Waals surface area contributed by atoms with Gasteiger partial charge in [0.25, 0.3) is 5.56 Å². The first-order chi connectivity index (χ1) is 9.13. The Morgan fingerprint density at radius 1 is 1.26 bits per heavy atom. The minimum atomic E-state index is -0.798. The van der Waals surface area contributed by atoms with Crippen molar-refractivity contribution in [3.05, 3.63) is 61.6 Å². The lowest BCUT2D eigenvalue weighted by molar-refractivity contribution is 0.799. The van der Waals surface area contributed by atoms with Gasteiger partial charge in [0.2, 0.25) is 5.69 Å². The Labute approximate surface area is 107 Å². The van der Waals surface area contributed by atoms with Crippen LogP contribution < -0.4 is 16.6 Å². The Morgan fingerprint density at radius 2 is 1.95 bits per heavy atom. The molecule has 7 heteroatoms. The van der Waals surface area contributed by atoms with Gasteiger partial charge in [-0.1, -0.05) is 30.3 Å². The molecule has 0 unspecified atom stereocenters. The van der Waals surface area contributed by atoms with E-state index in [0.29, 0.717) is 6.54 Å². The van der Waals surface area contributed by atoms with Crippen LogP contribution in [-0.2, 0) is 13.6 Å². The fraction of sp³-hybridized carbons (Fsp3) is 0.167. The van der Waals surface area contributed by atoms with E-state index in [9.17, 15) is 14.5 Å². The predicted molar refractivity (Wildman–Crippen MR) is 71.5 cm³/mol. The zero-order chi connectivity index (χ0) is 13.8. The summed E-state index contributed by atoms with van der Waals surface area (Å²) in [5.74, 6) is 0.104. The number of aromatic nitrogens is 2. The Morgan fingerprint density at radius 3 is 2.58 bits per heavy atom. The number of hydrogen-bond donors (Lipinski definition) is 2. The molecule has 2 N–H and O–H groups in total. The third-order valence-corrected chi connectivity index (χ3v) is 2.69. The van der Waals surface area contributed by atoms with Gasteiger partial charge in [0, 0.05) is 13.6 Å². The van der Waals surface area contributed by atoms with Crippen LogP contribution in [0.25, 0.3) is 0 Å². The van der Waals surface area contributed by atoms with Crippen LogP contribution in [0.4, 0.5) is 11.5 Å². The van der Waals surface area contributed by atoms with Crippen LogP contribution >= 0.6 is 0 Å². The van der Waals surface area contributed by atoms with Gasteiger partial charge in [-0.3, -0.25) is 14.3 Å². The second-order valence-electron chi connectivity index (χ2n) is 3.95. The fourth-order valence-electron chi connectivity index (χ4n) is 1.68. The van der Waals surface area contributed by atoms with Crippen LogP contribution in [0.2, 0.25) is 0 Å². The van der Waals surface area contributed by atoms with E-state index in [2.05, 4.69) is 10.5 Å². The van der Waals surface area contributed by atoms with Crippen molar-refractivity contribution in [3.63, 3.8) is 0 Å². The van der Waals surface area contributed by atoms with Gasteiger partial charge >= 0.3 is 5.69 Å². The molecular formula is C12H12N4O3. The Hall–Kier alpha value is -2.70. The van der Waals surface area contributed by atoms with Gasteiger partial charge in [0.05, 0.1) is 0 Å². The lowest BCUT2D eigenvalue weighted by atomic mass is 10.2. The zero-order valence-electron chi connectivity index (χ0n) is 10.2. The first-order valence-electron chi connectivity index (χ1n) is 5.58. The highest BCUT2D eigenvalue weighted by molar-refractivity contribution is 5.59. The van der Waals surface area contributed by atoms with Gasteiger partial charge in [0.15, 0.2) is 0 Å². The maximum atomic E-state index is 11.5. The third-order valence-electron chi connectivity index (χ3n) is 2.69. The SMILES string of the molecule is Cn1c(NCc2ccccc2)c(N=O)c(=O)[nH]c1=O. The highest BCUT2D eigenvalue weighted by Gasteiger charge is 2.13. The average Bonchev–Trinajstić information content (AvgIpc) is 2.42. The molecule has 1 aromatic heterocycles. The minimum absolute atomic E-state index is 0.104. The molecule has 0 bridgehead atoms. The van der Waals surface area contributed by atoms with Gasteiger partial charge in [-0.25, -0.2) is 4.79 Å². The minimum Gasteiger partial charge on any atom is -0.365 e. The van der Waals surface area contributed by atoms with Crippen LogP contribution in [0.3, 0.4) is 0 Å². The number of nitroso groups, excluding NO2 is 1. The summed E-state index contributed by atoms with van der Waals surface area (Å²) in [6.45, 7) is 0.375. The molecule has 2 rings (SSSR count). The summed E-state index contributed by atoms with van der Waals surface area (Å²) in [4.78, 5) is 35.6. The molecule has 0 saturated heterocycles. The van der Waals surface area contributed by atoms with E-state index in [-0.39, 0.29) is 11.5 Å². The fourth-order valence-corrected chi connectivity index (χ4v) is 1.68. The topological polar surface area (TPSA) is 96.3 Å². The van der Waals surface area contributed by atoms with Crippen LogP contribution in [-0.4, -0.2) is 9.55 Å². The molecule has 0 aliphatic heterocycles. The summed E-state index contributed by atoms with van der Waals surface area (Å²) >= 11 is 0. The summed E-state index contributed by atoms with van der Waals surface area (Å²) in [6.07, 6.45) is 0. The second kappa shape index (κ2) is 5.30. The molecule has 0 spiro atoms. The molecule has 7 nitrogen and oxygen atoms in total. The largest absolute Gasteiger partial charge is 0.365 e. The summed E-state index contributed by atoms with van der Waals surface area (Å²) < 4.78 is 1.14. The van der Waals surface area contributed by atoms with Crippen LogP contribution in [0, 0.1) is 4.91 Å². The lowest BCUT2D eigenvalue weighted by Crippen LogP contribution is -2.30. The van der Waals surface area contributed by atoms with Crippen molar-refractivity contribution in [2.24, 2.45) is 12.2 Å². The molecule has 1 heterocycles. The number of benzene rings is 1. The molecule has 1 aromatic carbocycles. The monoisotopic (exact) mass is 260 g/mol. The Bertz CT molecular complexity index is 703. The van der Waals surface area contributed by atoms with Gasteiger partial charge in [-0.2, -0.15) is 0 Å². The maximum absolute atomic E-state index is 11.5. The van der Waals surface area contributed by atoms with Crippen molar-refractivity contribution in [2.45, 2.75) is 6.54 Å². The molecule has 0 amide bonds. The van der Waals surface area contributed by atoms with Crippen molar-refractivity contribution in [3.8, 4) is 0 Å². The number of anilines is 1. The van der Waals surface area contributed by atoms with E-state index in [4.69, 9.17) is 0 Å². The molecule has 0 atom stereocenters. The van der Waals surface area contributed by atoms with Crippen molar-refractivity contribution in [1.29, 1.82) is 0 Å². The van der Waals surface area contributed by atoms with Gasteiger partial charge in [0.1, 0.15) is 5.82 Å². The maximum Gasteiger partial charge on any atom is 0.329 e. The molecule has 2 aromatic rings. The normalized spacial score (nSPS) is 10.2. The molecular weight excluding hydrogens is 248 g/mol. The van der Waals surface area contributed by atoms with E-state index in [1.165, 1.54) is 7.05 Å². The van der Waals surface area contributed by atoms with Crippen LogP contribution in [0.1, 0.15) is 5.56 Å². The molecule has 19 heavy (non-hydrogen) atoms. The summed E-state index contributed by atoms with van der Waals surface area (Å²) in [5.41, 5.74) is -0.785. The van der Waals surface area contributed by atoms with Crippen molar-refractivity contribution >= 4 is 11.5 Å². The standard InChI is InChI=1S/C12H12N4O3/c1-16-10(9(15-19)11(17)14-12(16)18)13-7-8-5-3-2-4-6-8/h2-6,13H,7H2,1H3,(H,14,17,18). The lowest BCUT2D eigenvalue weighted by Gasteiger charge is -2.11. The number of H-pyrrole nitrogens is 1. The van der Waals surface area contributed by atoms with Crippen LogP contribution in [0.5, 0.6) is 0 Å². The molecule has 0 aliphatic carbocycles. The van der Waals surface area contributed by atoms with E-state index in [1.807, 2.05) is 35.3 Å². The van der Waals surface area contributed by atoms with Gasteiger partial charge in [-0.15, -0.1) is 4.91 Å². The predicted octanol–water partition coefficient (Wildman–Crippen LogP) is 1.08. The van der Waals surface area contributed by atoms with Crippen molar-refractivity contribution in [1.82, 2.24) is 9.55 Å². The quantitative estimate of drug-likeness (QED) is 0.804.